The van der Waals surface area contributed by atoms with Crippen LogP contribution in [-0.2, 0) is 9.59 Å². The fourth-order valence-electron chi connectivity index (χ4n) is 2.96. The predicted molar refractivity (Wildman–Crippen MR) is 81.7 cm³/mol. The molecular formula is C15H28N4O2. The molecule has 2 amide bonds. The molecule has 120 valence electrons. The third-order valence-corrected chi connectivity index (χ3v) is 4.53. The topological polar surface area (TPSA) is 78.7 Å². The highest BCUT2D eigenvalue weighted by molar-refractivity contribution is 5.85. The molecule has 21 heavy (non-hydrogen) atoms. The Morgan fingerprint density at radius 3 is 2.62 bits per heavy atom. The first-order valence-electron chi connectivity index (χ1n) is 8.00. The molecule has 3 N–H and O–H groups in total. The highest BCUT2D eigenvalue weighted by atomic mass is 16.2. The summed E-state index contributed by atoms with van der Waals surface area (Å²) < 4.78 is 0. The Bertz CT molecular complexity index is 384. The van der Waals surface area contributed by atoms with Crippen molar-refractivity contribution in [3.05, 3.63) is 0 Å². The van der Waals surface area contributed by atoms with Gasteiger partial charge in [0.25, 0.3) is 0 Å². The van der Waals surface area contributed by atoms with Crippen LogP contribution in [0.2, 0.25) is 0 Å². The first-order chi connectivity index (χ1) is 10.0. The average molecular weight is 296 g/mol. The number of amides is 2. The van der Waals surface area contributed by atoms with E-state index in [0.717, 1.165) is 25.7 Å². The number of carbonyl (C=O) groups is 2. The Hall–Kier alpha value is -1.14. The van der Waals surface area contributed by atoms with E-state index < -0.39 is 0 Å². The van der Waals surface area contributed by atoms with Crippen LogP contribution in [0.25, 0.3) is 0 Å². The molecule has 1 saturated heterocycles. The van der Waals surface area contributed by atoms with E-state index in [1.54, 1.807) is 7.05 Å². The molecule has 2 rings (SSSR count). The second-order valence-corrected chi connectivity index (χ2v) is 6.43. The summed E-state index contributed by atoms with van der Waals surface area (Å²) in [5.41, 5.74) is 5.82. The lowest BCUT2D eigenvalue weighted by atomic mass is 9.96. The van der Waals surface area contributed by atoms with Gasteiger partial charge in [-0.05, 0) is 32.6 Å². The van der Waals surface area contributed by atoms with Crippen molar-refractivity contribution in [2.24, 2.45) is 5.73 Å². The smallest absolute Gasteiger partial charge is 0.239 e. The first kappa shape index (κ1) is 16.2. The molecule has 1 saturated carbocycles. The molecule has 0 spiro atoms. The lowest BCUT2D eigenvalue weighted by molar-refractivity contribution is -0.137. The number of hydrogen-bond acceptors (Lipinski definition) is 4. The molecule has 0 radical (unpaired) electrons. The maximum absolute atomic E-state index is 12.3. The van der Waals surface area contributed by atoms with Gasteiger partial charge in [-0.2, -0.15) is 0 Å². The van der Waals surface area contributed by atoms with Gasteiger partial charge in [0.1, 0.15) is 0 Å². The van der Waals surface area contributed by atoms with Gasteiger partial charge in [-0.25, -0.2) is 0 Å². The van der Waals surface area contributed by atoms with Gasteiger partial charge in [-0.3, -0.25) is 14.5 Å². The van der Waals surface area contributed by atoms with Crippen LogP contribution in [-0.4, -0.2) is 66.4 Å². The van der Waals surface area contributed by atoms with E-state index in [9.17, 15) is 9.59 Å². The molecular weight excluding hydrogens is 268 g/mol. The van der Waals surface area contributed by atoms with Crippen molar-refractivity contribution in [3.8, 4) is 0 Å². The third-order valence-electron chi connectivity index (χ3n) is 4.53. The van der Waals surface area contributed by atoms with Gasteiger partial charge in [0, 0.05) is 31.7 Å². The maximum Gasteiger partial charge on any atom is 0.239 e. The second-order valence-electron chi connectivity index (χ2n) is 6.43. The summed E-state index contributed by atoms with van der Waals surface area (Å²) in [5.74, 6) is -0.0661. The highest BCUT2D eigenvalue weighted by Gasteiger charge is 2.30. The minimum atomic E-state index is -0.0598. The van der Waals surface area contributed by atoms with E-state index in [4.69, 9.17) is 5.73 Å². The van der Waals surface area contributed by atoms with Crippen molar-refractivity contribution in [3.63, 3.8) is 0 Å². The molecule has 0 bridgehead atoms. The standard InChI is InChI=1S/C15H28N4O2/c1-11-4-3-5-13(8-16)19(11)10-15(21)18(2)9-14(20)17-12-6-7-12/h11-13H,3-10,16H2,1-2H3,(H,17,20). The number of likely N-dealkylation sites (tertiary alicyclic amines) is 1. The van der Waals surface area contributed by atoms with Crippen LogP contribution in [0.15, 0.2) is 0 Å². The molecule has 1 aliphatic heterocycles. The van der Waals surface area contributed by atoms with Crippen LogP contribution in [0.3, 0.4) is 0 Å². The number of carbonyl (C=O) groups excluding carboxylic acids is 2. The van der Waals surface area contributed by atoms with Crippen LogP contribution in [0.1, 0.15) is 39.0 Å². The summed E-state index contributed by atoms with van der Waals surface area (Å²) in [6, 6.07) is 1.00. The summed E-state index contributed by atoms with van der Waals surface area (Å²) >= 11 is 0. The van der Waals surface area contributed by atoms with Crippen LogP contribution < -0.4 is 11.1 Å². The molecule has 1 heterocycles. The van der Waals surface area contributed by atoms with Gasteiger partial charge in [0.15, 0.2) is 0 Å². The first-order valence-corrected chi connectivity index (χ1v) is 8.00. The van der Waals surface area contributed by atoms with Crippen LogP contribution in [0, 0.1) is 0 Å². The van der Waals surface area contributed by atoms with Gasteiger partial charge in [0.05, 0.1) is 13.1 Å². The molecule has 6 nitrogen and oxygen atoms in total. The van der Waals surface area contributed by atoms with Gasteiger partial charge in [-0.1, -0.05) is 6.42 Å². The van der Waals surface area contributed by atoms with Crippen molar-refractivity contribution >= 4 is 11.8 Å². The van der Waals surface area contributed by atoms with Crippen molar-refractivity contribution < 1.29 is 9.59 Å². The zero-order chi connectivity index (χ0) is 15.4. The van der Waals surface area contributed by atoms with E-state index in [1.165, 1.54) is 11.3 Å². The largest absolute Gasteiger partial charge is 0.352 e. The third kappa shape index (κ3) is 4.68. The zero-order valence-corrected chi connectivity index (χ0v) is 13.2. The summed E-state index contributed by atoms with van der Waals surface area (Å²) in [6.45, 7) is 3.24. The van der Waals surface area contributed by atoms with E-state index in [1.807, 2.05) is 0 Å². The Morgan fingerprint density at radius 2 is 2.00 bits per heavy atom. The van der Waals surface area contributed by atoms with Gasteiger partial charge < -0.3 is 16.0 Å². The molecule has 2 unspecified atom stereocenters. The van der Waals surface area contributed by atoms with Crippen LogP contribution in [0.4, 0.5) is 0 Å². The quantitative estimate of drug-likeness (QED) is 0.719. The second kappa shape index (κ2) is 7.22. The van der Waals surface area contributed by atoms with Crippen molar-refractivity contribution in [2.75, 3.05) is 26.7 Å². The molecule has 0 aromatic heterocycles. The highest BCUT2D eigenvalue weighted by Crippen LogP contribution is 2.22. The molecule has 1 aliphatic carbocycles. The predicted octanol–water partition coefficient (Wildman–Crippen LogP) is -0.0749. The van der Waals surface area contributed by atoms with Crippen LogP contribution in [0.5, 0.6) is 0 Å². The SMILES string of the molecule is CC1CCCC(CN)N1CC(=O)N(C)CC(=O)NC1CC1. The monoisotopic (exact) mass is 296 g/mol. The lowest BCUT2D eigenvalue weighted by Crippen LogP contribution is -2.53. The number of nitrogens with two attached hydrogens (primary N) is 1. The van der Waals surface area contributed by atoms with Crippen molar-refractivity contribution in [1.82, 2.24) is 15.1 Å². The summed E-state index contributed by atoms with van der Waals surface area (Å²) in [4.78, 5) is 27.8. The minimum Gasteiger partial charge on any atom is -0.352 e. The molecule has 2 aliphatic rings. The van der Waals surface area contributed by atoms with Gasteiger partial charge in [0.2, 0.25) is 11.8 Å². The van der Waals surface area contributed by atoms with E-state index in [2.05, 4.69) is 17.1 Å². The van der Waals surface area contributed by atoms with E-state index >= 15 is 0 Å². The van der Waals surface area contributed by atoms with E-state index in [0.29, 0.717) is 25.2 Å². The Labute approximate surface area is 127 Å². The number of likely N-dealkylation sites (N-methyl/N-ethyl adjacent to an activating group) is 1. The number of piperidine rings is 1. The molecule has 2 atom stereocenters. The maximum atomic E-state index is 12.3. The molecule has 6 heteroatoms. The number of hydrogen-bond donors (Lipinski definition) is 2. The zero-order valence-electron chi connectivity index (χ0n) is 13.2. The Morgan fingerprint density at radius 1 is 1.29 bits per heavy atom. The number of nitrogens with zero attached hydrogens (tertiary/aromatic N) is 2. The summed E-state index contributed by atoms with van der Waals surface area (Å²) in [5, 5.41) is 2.91. The number of rotatable bonds is 6. The van der Waals surface area contributed by atoms with E-state index in [-0.39, 0.29) is 24.4 Å². The van der Waals surface area contributed by atoms with Crippen molar-refractivity contribution in [1.29, 1.82) is 0 Å². The number of nitrogens with one attached hydrogen (secondary N) is 1. The normalized spacial score (nSPS) is 26.4. The van der Waals surface area contributed by atoms with Gasteiger partial charge >= 0.3 is 0 Å². The van der Waals surface area contributed by atoms with Crippen molar-refractivity contribution in [2.45, 2.75) is 57.2 Å². The molecule has 2 fully saturated rings. The minimum absolute atomic E-state index is 0.00635. The van der Waals surface area contributed by atoms with Gasteiger partial charge in [-0.15, -0.1) is 0 Å². The fraction of sp³-hybridized carbons (Fsp3) is 0.867. The average Bonchev–Trinajstić information content (AvgIpc) is 3.24. The Kier molecular flexibility index (Phi) is 5.58. The molecule has 0 aromatic rings. The summed E-state index contributed by atoms with van der Waals surface area (Å²) in [7, 11) is 1.70. The summed E-state index contributed by atoms with van der Waals surface area (Å²) in [6.07, 6.45) is 5.46. The Balaban J connectivity index is 1.81. The fourth-order valence-corrected chi connectivity index (χ4v) is 2.96. The molecule has 0 aromatic carbocycles. The lowest BCUT2D eigenvalue weighted by Gasteiger charge is -2.40. The van der Waals surface area contributed by atoms with Crippen LogP contribution >= 0.6 is 0 Å².